The number of hydrogen-bond donors (Lipinski definition) is 2. The Balaban J connectivity index is 2.51. The van der Waals surface area contributed by atoms with E-state index in [-0.39, 0.29) is 25.7 Å². The van der Waals surface area contributed by atoms with Gasteiger partial charge in [-0.25, -0.2) is 0 Å². The topological polar surface area (TPSA) is 70.0 Å². The quantitative estimate of drug-likeness (QED) is 0.523. The third-order valence-electron chi connectivity index (χ3n) is 4.18. The number of carbonyl (C=O) groups is 1. The van der Waals surface area contributed by atoms with Gasteiger partial charge in [0.1, 0.15) is 5.60 Å². The minimum absolute atomic E-state index is 0.0383. The molecule has 0 spiro atoms. The van der Waals surface area contributed by atoms with E-state index in [1.54, 1.807) is 4.90 Å². The zero-order chi connectivity index (χ0) is 15.9. The Morgan fingerprint density at radius 1 is 1.38 bits per heavy atom. The fourth-order valence-corrected chi connectivity index (χ4v) is 2.74. The lowest BCUT2D eigenvalue weighted by Gasteiger charge is -2.36. The normalized spacial score (nSPS) is 19.5. The molecule has 1 aliphatic carbocycles. The van der Waals surface area contributed by atoms with Crippen molar-refractivity contribution in [3.63, 3.8) is 0 Å². The fraction of sp³-hybridized carbons (Fsp3) is 0.812. The van der Waals surface area contributed by atoms with Crippen LogP contribution in [0.25, 0.3) is 0 Å². The maximum Gasteiger partial charge on any atom is 0.320 e. The monoisotopic (exact) mass is 299 g/mol. The van der Waals surface area contributed by atoms with Gasteiger partial charge in [-0.3, -0.25) is 9.69 Å². The van der Waals surface area contributed by atoms with Crippen LogP contribution in [-0.4, -0.2) is 59.5 Å². The minimum Gasteiger partial charge on any atom is -0.458 e. The van der Waals surface area contributed by atoms with Crippen LogP contribution < -0.4 is 0 Å². The molecule has 5 heteroatoms. The molecule has 1 aliphatic rings. The van der Waals surface area contributed by atoms with Gasteiger partial charge in [-0.05, 0) is 40.0 Å². The van der Waals surface area contributed by atoms with Gasteiger partial charge in [0.15, 0.2) is 0 Å². The summed E-state index contributed by atoms with van der Waals surface area (Å²) in [6, 6.07) is 0. The molecule has 0 heterocycles. The van der Waals surface area contributed by atoms with E-state index >= 15 is 0 Å². The number of rotatable bonds is 8. The molecule has 0 bridgehead atoms. The molecule has 0 aliphatic heterocycles. The highest BCUT2D eigenvalue weighted by atomic mass is 16.6. The highest BCUT2D eigenvalue weighted by Crippen LogP contribution is 2.34. The van der Waals surface area contributed by atoms with Crippen LogP contribution in [0.3, 0.4) is 0 Å². The summed E-state index contributed by atoms with van der Waals surface area (Å²) in [4.78, 5) is 13.8. The van der Waals surface area contributed by atoms with Crippen LogP contribution in [0.2, 0.25) is 0 Å². The van der Waals surface area contributed by atoms with Gasteiger partial charge in [-0.15, -0.1) is 0 Å². The number of hydrogen-bond acceptors (Lipinski definition) is 5. The first kappa shape index (κ1) is 18.1. The number of carbonyl (C=O) groups excluding carboxylic acids is 1. The van der Waals surface area contributed by atoms with Crippen LogP contribution in [0.5, 0.6) is 0 Å². The Morgan fingerprint density at radius 2 is 2.00 bits per heavy atom. The maximum atomic E-state index is 12.1. The standard InChI is InChI=1S/C16H29NO4/c1-13-4-6-14(7-5-13)16(2,3)21-15(20)12-17(8-10-18)9-11-19/h4,14,18-19H,5-12H2,1-3H3. The van der Waals surface area contributed by atoms with Crippen LogP contribution in [0.4, 0.5) is 0 Å². The zero-order valence-corrected chi connectivity index (χ0v) is 13.5. The van der Waals surface area contributed by atoms with Gasteiger partial charge < -0.3 is 14.9 Å². The van der Waals surface area contributed by atoms with Crippen LogP contribution in [0.1, 0.15) is 40.0 Å². The lowest BCUT2D eigenvalue weighted by molar-refractivity contribution is -0.163. The summed E-state index contributed by atoms with van der Waals surface area (Å²) in [5.74, 6) is 0.0439. The Kier molecular flexibility index (Phi) is 7.35. The van der Waals surface area contributed by atoms with Crippen LogP contribution in [0.15, 0.2) is 11.6 Å². The van der Waals surface area contributed by atoms with Gasteiger partial charge in [0, 0.05) is 19.0 Å². The van der Waals surface area contributed by atoms with E-state index in [4.69, 9.17) is 14.9 Å². The fourth-order valence-electron chi connectivity index (χ4n) is 2.74. The number of esters is 1. The van der Waals surface area contributed by atoms with Crippen molar-refractivity contribution >= 4 is 5.97 Å². The van der Waals surface area contributed by atoms with E-state index < -0.39 is 5.60 Å². The Morgan fingerprint density at radius 3 is 2.48 bits per heavy atom. The Bertz CT molecular complexity index is 359. The second kappa shape index (κ2) is 8.51. The molecule has 0 saturated heterocycles. The van der Waals surface area contributed by atoms with E-state index in [1.807, 2.05) is 13.8 Å². The number of nitrogens with zero attached hydrogens (tertiary/aromatic N) is 1. The summed E-state index contributed by atoms with van der Waals surface area (Å²) in [5.41, 5.74) is 0.920. The van der Waals surface area contributed by atoms with Crippen molar-refractivity contribution in [1.29, 1.82) is 0 Å². The minimum atomic E-state index is -0.488. The summed E-state index contributed by atoms with van der Waals surface area (Å²) in [5, 5.41) is 17.9. The second-order valence-corrected chi connectivity index (χ2v) is 6.32. The molecule has 1 unspecified atom stereocenters. The van der Waals surface area contributed by atoms with Crippen molar-refractivity contribution < 1.29 is 19.7 Å². The molecule has 21 heavy (non-hydrogen) atoms. The van der Waals surface area contributed by atoms with Crippen molar-refractivity contribution in [3.8, 4) is 0 Å². The molecule has 122 valence electrons. The predicted molar refractivity (Wildman–Crippen MR) is 81.9 cm³/mol. The molecule has 0 radical (unpaired) electrons. The van der Waals surface area contributed by atoms with Gasteiger partial charge in [-0.1, -0.05) is 11.6 Å². The number of aliphatic hydroxyl groups excluding tert-OH is 2. The lowest BCUT2D eigenvalue weighted by Crippen LogP contribution is -2.42. The molecular weight excluding hydrogens is 270 g/mol. The molecule has 0 aromatic carbocycles. The molecule has 5 nitrogen and oxygen atoms in total. The molecule has 1 atom stereocenters. The van der Waals surface area contributed by atoms with E-state index in [9.17, 15) is 4.79 Å². The highest BCUT2D eigenvalue weighted by molar-refractivity contribution is 5.72. The summed E-state index contributed by atoms with van der Waals surface area (Å²) in [7, 11) is 0. The molecule has 0 fully saturated rings. The molecule has 0 aromatic heterocycles. The molecule has 0 amide bonds. The third kappa shape index (κ3) is 6.16. The van der Waals surface area contributed by atoms with Crippen molar-refractivity contribution in [2.45, 2.75) is 45.6 Å². The third-order valence-corrected chi connectivity index (χ3v) is 4.18. The number of allylic oxidation sites excluding steroid dienone is 2. The van der Waals surface area contributed by atoms with Crippen molar-refractivity contribution in [1.82, 2.24) is 4.90 Å². The Labute approximate surface area is 127 Å². The van der Waals surface area contributed by atoms with Gasteiger partial charge in [0.2, 0.25) is 0 Å². The zero-order valence-electron chi connectivity index (χ0n) is 13.5. The number of ether oxygens (including phenoxy) is 1. The van der Waals surface area contributed by atoms with E-state index in [2.05, 4.69) is 13.0 Å². The second-order valence-electron chi connectivity index (χ2n) is 6.32. The first-order chi connectivity index (χ1) is 9.89. The first-order valence-corrected chi connectivity index (χ1v) is 7.70. The van der Waals surface area contributed by atoms with Gasteiger partial charge in [0.05, 0.1) is 19.8 Å². The first-order valence-electron chi connectivity index (χ1n) is 7.70. The summed E-state index contributed by atoms with van der Waals surface area (Å²) < 4.78 is 5.66. The maximum absolute atomic E-state index is 12.1. The highest BCUT2D eigenvalue weighted by Gasteiger charge is 2.34. The molecule has 0 saturated carbocycles. The van der Waals surface area contributed by atoms with E-state index in [0.29, 0.717) is 19.0 Å². The van der Waals surface area contributed by atoms with E-state index in [0.717, 1.165) is 19.3 Å². The van der Waals surface area contributed by atoms with Crippen LogP contribution in [0, 0.1) is 5.92 Å². The average molecular weight is 299 g/mol. The predicted octanol–water partition coefficient (Wildman–Crippen LogP) is 1.34. The molecule has 2 N–H and O–H groups in total. The summed E-state index contributed by atoms with van der Waals surface area (Å²) >= 11 is 0. The summed E-state index contributed by atoms with van der Waals surface area (Å²) in [6.45, 7) is 6.82. The molecule has 0 aromatic rings. The lowest BCUT2D eigenvalue weighted by atomic mass is 9.79. The smallest absolute Gasteiger partial charge is 0.320 e. The van der Waals surface area contributed by atoms with Gasteiger partial charge >= 0.3 is 5.97 Å². The van der Waals surface area contributed by atoms with Crippen LogP contribution in [-0.2, 0) is 9.53 Å². The molecule has 1 rings (SSSR count). The van der Waals surface area contributed by atoms with Gasteiger partial charge in [-0.2, -0.15) is 0 Å². The molecular formula is C16H29NO4. The van der Waals surface area contributed by atoms with Crippen molar-refractivity contribution in [2.24, 2.45) is 5.92 Å². The summed E-state index contributed by atoms with van der Waals surface area (Å²) in [6.07, 6.45) is 5.28. The SMILES string of the molecule is CC1=CCC(C(C)(C)OC(=O)CN(CCO)CCO)CC1. The number of aliphatic hydroxyl groups is 2. The average Bonchev–Trinajstić information content (AvgIpc) is 2.39. The van der Waals surface area contributed by atoms with Crippen molar-refractivity contribution in [3.05, 3.63) is 11.6 Å². The largest absolute Gasteiger partial charge is 0.458 e. The van der Waals surface area contributed by atoms with Gasteiger partial charge in [0.25, 0.3) is 0 Å². The van der Waals surface area contributed by atoms with Crippen LogP contribution >= 0.6 is 0 Å². The van der Waals surface area contributed by atoms with E-state index in [1.165, 1.54) is 5.57 Å². The van der Waals surface area contributed by atoms with Crippen molar-refractivity contribution in [2.75, 3.05) is 32.8 Å². The Hall–Kier alpha value is -0.910.